The SMILES string of the molecule is CCN1[C@@H](C)[C@@H](C(=O)Nc2cc(C)c(C(=O)OC)cc2[N+](=O)[O-])[C@H](c2cccc(Cl)c2F)[C@]12C(=O)Nc1cc(Cl)ccc12. The zero-order valence-corrected chi connectivity index (χ0v) is 25.0. The molecule has 1 saturated heterocycles. The number of likely N-dealkylation sites (tertiary alicyclic amines) is 1. The number of methoxy groups -OCH3 is 1. The van der Waals surface area contributed by atoms with E-state index in [2.05, 4.69) is 10.6 Å². The second kappa shape index (κ2) is 11.2. The third kappa shape index (κ3) is 4.62. The highest BCUT2D eigenvalue weighted by atomic mass is 35.5. The van der Waals surface area contributed by atoms with Crippen LogP contribution in [-0.4, -0.2) is 47.3 Å². The Labute approximate surface area is 256 Å². The summed E-state index contributed by atoms with van der Waals surface area (Å²) in [4.78, 5) is 53.7. The van der Waals surface area contributed by atoms with E-state index in [-0.39, 0.29) is 21.8 Å². The van der Waals surface area contributed by atoms with Crippen molar-refractivity contribution >= 4 is 58.0 Å². The van der Waals surface area contributed by atoms with E-state index in [1.165, 1.54) is 24.3 Å². The highest BCUT2D eigenvalue weighted by molar-refractivity contribution is 6.31. The van der Waals surface area contributed by atoms with Gasteiger partial charge in [0.1, 0.15) is 17.0 Å². The van der Waals surface area contributed by atoms with Crippen LogP contribution < -0.4 is 10.6 Å². The van der Waals surface area contributed by atoms with Crippen molar-refractivity contribution in [3.05, 3.63) is 96.8 Å². The zero-order chi connectivity index (χ0) is 31.4. The molecule has 2 N–H and O–H groups in total. The molecule has 0 saturated carbocycles. The van der Waals surface area contributed by atoms with Crippen molar-refractivity contribution in [3.63, 3.8) is 0 Å². The van der Waals surface area contributed by atoms with Crippen LogP contribution in [0.5, 0.6) is 0 Å². The Morgan fingerprint density at radius 3 is 2.58 bits per heavy atom. The second-order valence-electron chi connectivity index (χ2n) is 10.5. The molecule has 2 heterocycles. The molecule has 43 heavy (non-hydrogen) atoms. The summed E-state index contributed by atoms with van der Waals surface area (Å²) in [6.07, 6.45) is 0. The van der Waals surface area contributed by atoms with Crippen molar-refractivity contribution in [2.75, 3.05) is 24.3 Å². The van der Waals surface area contributed by atoms with Gasteiger partial charge in [0.05, 0.1) is 28.5 Å². The van der Waals surface area contributed by atoms with Gasteiger partial charge in [0, 0.05) is 34.3 Å². The van der Waals surface area contributed by atoms with Gasteiger partial charge >= 0.3 is 5.97 Å². The molecule has 2 amide bonds. The third-order valence-electron chi connectivity index (χ3n) is 8.42. The Hall–Kier alpha value is -4.06. The van der Waals surface area contributed by atoms with Crippen LogP contribution in [0.2, 0.25) is 10.0 Å². The average Bonchev–Trinajstić information content (AvgIpc) is 3.39. The lowest BCUT2D eigenvalue weighted by atomic mass is 9.71. The number of esters is 1. The van der Waals surface area contributed by atoms with Gasteiger partial charge in [-0.15, -0.1) is 0 Å². The van der Waals surface area contributed by atoms with Gasteiger partial charge in [-0.05, 0) is 55.8 Å². The number of ether oxygens (including phenoxy) is 1. The van der Waals surface area contributed by atoms with Crippen LogP contribution in [0.1, 0.15) is 46.8 Å². The molecule has 2 aliphatic rings. The quantitative estimate of drug-likeness (QED) is 0.193. The monoisotopic (exact) mass is 628 g/mol. The zero-order valence-electron chi connectivity index (χ0n) is 23.5. The average molecular weight is 629 g/mol. The Morgan fingerprint density at radius 1 is 1.21 bits per heavy atom. The summed E-state index contributed by atoms with van der Waals surface area (Å²) in [5.74, 6) is -4.92. The topological polar surface area (TPSA) is 131 Å². The van der Waals surface area contributed by atoms with Crippen LogP contribution in [0.25, 0.3) is 0 Å². The minimum Gasteiger partial charge on any atom is -0.465 e. The van der Waals surface area contributed by atoms with E-state index in [0.29, 0.717) is 28.4 Å². The van der Waals surface area contributed by atoms with Gasteiger partial charge in [0.15, 0.2) is 0 Å². The molecule has 224 valence electrons. The lowest BCUT2D eigenvalue weighted by Gasteiger charge is -2.38. The minimum atomic E-state index is -1.54. The molecule has 4 atom stereocenters. The van der Waals surface area contributed by atoms with Crippen LogP contribution >= 0.6 is 23.2 Å². The van der Waals surface area contributed by atoms with Gasteiger partial charge in [-0.3, -0.25) is 24.6 Å². The first-order valence-electron chi connectivity index (χ1n) is 13.4. The standard InChI is InChI=1S/C30H27Cl2FN4O6/c1-5-36-15(3)24(27(38)34-22-11-14(2)18(28(39)43-4)13-23(22)37(41)42)25(17-7-6-8-20(32)26(17)33)30(36)19-10-9-16(31)12-21(19)35-29(30)40/h6-13,15,24-25H,5H2,1-4H3,(H,34,38)(H,35,40)/t15-,24+,25-,30+/m0/s1. The molecule has 3 aromatic rings. The summed E-state index contributed by atoms with van der Waals surface area (Å²) in [5.41, 5.74) is -0.952. The molecule has 0 aromatic heterocycles. The second-order valence-corrected chi connectivity index (χ2v) is 11.3. The maximum atomic E-state index is 15.9. The maximum Gasteiger partial charge on any atom is 0.338 e. The van der Waals surface area contributed by atoms with Crippen molar-refractivity contribution in [1.29, 1.82) is 0 Å². The summed E-state index contributed by atoms with van der Waals surface area (Å²) < 4.78 is 20.6. The molecular weight excluding hydrogens is 602 g/mol. The predicted molar refractivity (Wildman–Crippen MR) is 159 cm³/mol. The third-order valence-corrected chi connectivity index (χ3v) is 8.95. The van der Waals surface area contributed by atoms with Crippen molar-refractivity contribution in [3.8, 4) is 0 Å². The molecule has 0 bridgehead atoms. The Kier molecular flexibility index (Phi) is 7.93. The molecule has 1 spiro atoms. The molecule has 5 rings (SSSR count). The highest BCUT2D eigenvalue weighted by Gasteiger charge is 2.67. The van der Waals surface area contributed by atoms with Crippen LogP contribution in [0.15, 0.2) is 48.5 Å². The molecule has 0 aliphatic carbocycles. The number of nitro benzene ring substituents is 1. The first kappa shape index (κ1) is 30.4. The highest BCUT2D eigenvalue weighted by Crippen LogP contribution is 2.60. The number of likely N-dealkylation sites (N-methyl/N-ethyl adjacent to an activating group) is 1. The number of carbonyl (C=O) groups is 3. The number of nitro groups is 1. The fourth-order valence-electron chi connectivity index (χ4n) is 6.70. The number of nitrogens with one attached hydrogen (secondary N) is 2. The summed E-state index contributed by atoms with van der Waals surface area (Å²) in [6.45, 7) is 5.42. The number of anilines is 2. The number of hydrogen-bond donors (Lipinski definition) is 2. The Balaban J connectivity index is 1.71. The van der Waals surface area contributed by atoms with Gasteiger partial charge in [-0.25, -0.2) is 9.18 Å². The lowest BCUT2D eigenvalue weighted by molar-refractivity contribution is -0.384. The van der Waals surface area contributed by atoms with E-state index in [9.17, 15) is 24.5 Å². The maximum absolute atomic E-state index is 15.9. The van der Waals surface area contributed by atoms with E-state index in [1.807, 2.05) is 11.8 Å². The Morgan fingerprint density at radius 2 is 1.93 bits per heavy atom. The summed E-state index contributed by atoms with van der Waals surface area (Å²) >= 11 is 12.5. The van der Waals surface area contributed by atoms with Crippen molar-refractivity contribution in [2.45, 2.75) is 38.3 Å². The molecule has 3 aromatic carbocycles. The van der Waals surface area contributed by atoms with Gasteiger partial charge in [0.25, 0.3) is 5.69 Å². The summed E-state index contributed by atoms with van der Waals surface area (Å²) in [6, 6.07) is 11.0. The number of fused-ring (bicyclic) bond motifs is 2. The molecule has 0 radical (unpaired) electrons. The van der Waals surface area contributed by atoms with Crippen LogP contribution in [0.3, 0.4) is 0 Å². The van der Waals surface area contributed by atoms with Crippen molar-refractivity contribution in [1.82, 2.24) is 4.90 Å². The number of hydrogen-bond acceptors (Lipinski definition) is 7. The minimum absolute atomic E-state index is 0.0330. The molecule has 2 aliphatic heterocycles. The smallest absolute Gasteiger partial charge is 0.338 e. The molecule has 13 heteroatoms. The number of nitrogens with zero attached hydrogens (tertiary/aromatic N) is 2. The predicted octanol–water partition coefficient (Wildman–Crippen LogP) is 6.05. The number of rotatable bonds is 6. The fourth-order valence-corrected chi connectivity index (χ4v) is 7.05. The number of aryl methyl sites for hydroxylation is 1. The van der Waals surface area contributed by atoms with Gasteiger partial charge in [-0.2, -0.15) is 0 Å². The Bertz CT molecular complexity index is 1700. The molecule has 1 fully saturated rings. The lowest BCUT2D eigenvalue weighted by Crippen LogP contribution is -2.51. The van der Waals surface area contributed by atoms with E-state index in [0.717, 1.165) is 13.2 Å². The number of amides is 2. The van der Waals surface area contributed by atoms with Gasteiger partial charge in [-0.1, -0.05) is 48.3 Å². The number of carbonyl (C=O) groups excluding carboxylic acids is 3. The van der Waals surface area contributed by atoms with Crippen LogP contribution in [0.4, 0.5) is 21.5 Å². The fraction of sp³-hybridized carbons (Fsp3) is 0.300. The normalized spacial score (nSPS) is 22.8. The largest absolute Gasteiger partial charge is 0.465 e. The number of benzene rings is 3. The summed E-state index contributed by atoms with van der Waals surface area (Å²) in [7, 11) is 1.15. The van der Waals surface area contributed by atoms with Gasteiger partial charge in [0.2, 0.25) is 11.8 Å². The van der Waals surface area contributed by atoms with Crippen molar-refractivity contribution in [2.24, 2.45) is 5.92 Å². The number of halogens is 3. The van der Waals surface area contributed by atoms with Gasteiger partial charge < -0.3 is 15.4 Å². The summed E-state index contributed by atoms with van der Waals surface area (Å²) in [5, 5.41) is 17.7. The molecular formula is C30H27Cl2FN4O6. The van der Waals surface area contributed by atoms with E-state index in [4.69, 9.17) is 27.9 Å². The molecule has 0 unspecified atom stereocenters. The van der Waals surface area contributed by atoms with E-state index >= 15 is 4.39 Å². The van der Waals surface area contributed by atoms with Crippen LogP contribution in [-0.2, 0) is 19.9 Å². The molecule has 10 nitrogen and oxygen atoms in total. The van der Waals surface area contributed by atoms with E-state index < -0.39 is 57.6 Å². The van der Waals surface area contributed by atoms with Crippen molar-refractivity contribution < 1.29 is 28.4 Å². The first-order valence-corrected chi connectivity index (χ1v) is 14.1. The van der Waals surface area contributed by atoms with Crippen LogP contribution in [0, 0.1) is 28.8 Å². The van der Waals surface area contributed by atoms with E-state index in [1.54, 1.807) is 32.0 Å². The first-order chi connectivity index (χ1) is 20.4.